The average Bonchev–Trinajstić information content (AvgIpc) is 3.29. The van der Waals surface area contributed by atoms with Crippen LogP contribution in [0.5, 0.6) is 0 Å². The molecule has 1 amide bonds. The van der Waals surface area contributed by atoms with E-state index in [2.05, 4.69) is 20.4 Å². The standard InChI is InChI=1S/C23H25FN4O2S/c1-15(22(29)25-19-9-4-10-20(13-19)31-2)28-11-5-7-17(14-28)23-26-21(27-30-23)16-6-3-8-18(24)12-16/h3-4,6,8-10,12-13,15,17H,5,7,11,14H2,1-2H3,(H,25,29). The van der Waals surface area contributed by atoms with Crippen LogP contribution in [0.1, 0.15) is 31.6 Å². The van der Waals surface area contributed by atoms with E-state index in [0.29, 0.717) is 23.8 Å². The van der Waals surface area contributed by atoms with E-state index < -0.39 is 0 Å². The van der Waals surface area contributed by atoms with E-state index in [1.807, 2.05) is 37.4 Å². The van der Waals surface area contributed by atoms with Gasteiger partial charge in [0.05, 0.1) is 12.0 Å². The monoisotopic (exact) mass is 440 g/mol. The highest BCUT2D eigenvalue weighted by molar-refractivity contribution is 7.98. The normalized spacial score (nSPS) is 18.0. The molecule has 0 aliphatic carbocycles. The Bertz CT molecular complexity index is 1060. The second-order valence-corrected chi connectivity index (χ2v) is 8.58. The summed E-state index contributed by atoms with van der Waals surface area (Å²) in [5, 5.41) is 7.05. The number of likely N-dealkylation sites (tertiary alicyclic amines) is 1. The molecule has 2 aromatic carbocycles. The first-order valence-corrected chi connectivity index (χ1v) is 11.5. The molecule has 2 unspecified atom stereocenters. The van der Waals surface area contributed by atoms with Crippen molar-refractivity contribution in [2.75, 3.05) is 24.7 Å². The number of benzene rings is 2. The van der Waals surface area contributed by atoms with Crippen molar-refractivity contribution >= 4 is 23.4 Å². The van der Waals surface area contributed by atoms with Gasteiger partial charge in [0.2, 0.25) is 17.6 Å². The van der Waals surface area contributed by atoms with Gasteiger partial charge in [-0.3, -0.25) is 9.69 Å². The summed E-state index contributed by atoms with van der Waals surface area (Å²) in [7, 11) is 0. The quantitative estimate of drug-likeness (QED) is 0.555. The van der Waals surface area contributed by atoms with Crippen LogP contribution >= 0.6 is 11.8 Å². The molecule has 1 N–H and O–H groups in total. The number of carbonyl (C=O) groups is 1. The summed E-state index contributed by atoms with van der Waals surface area (Å²) in [6.45, 7) is 3.41. The van der Waals surface area contributed by atoms with E-state index in [-0.39, 0.29) is 23.7 Å². The lowest BCUT2D eigenvalue weighted by Crippen LogP contribution is -2.46. The van der Waals surface area contributed by atoms with Gasteiger partial charge in [0, 0.05) is 22.7 Å². The van der Waals surface area contributed by atoms with Gasteiger partial charge in [-0.05, 0) is 62.9 Å². The Morgan fingerprint density at radius 1 is 1.29 bits per heavy atom. The molecule has 1 aliphatic rings. The van der Waals surface area contributed by atoms with Crippen LogP contribution < -0.4 is 5.32 Å². The van der Waals surface area contributed by atoms with Crippen LogP contribution in [-0.4, -0.2) is 46.3 Å². The number of hydrogen-bond donors (Lipinski definition) is 1. The fourth-order valence-electron chi connectivity index (χ4n) is 3.82. The van der Waals surface area contributed by atoms with Crippen molar-refractivity contribution in [3.63, 3.8) is 0 Å². The molecule has 1 fully saturated rings. The minimum Gasteiger partial charge on any atom is -0.339 e. The Morgan fingerprint density at radius 2 is 2.13 bits per heavy atom. The fourth-order valence-corrected chi connectivity index (χ4v) is 4.28. The molecular formula is C23H25FN4O2S. The van der Waals surface area contributed by atoms with Crippen LogP contribution in [0.2, 0.25) is 0 Å². The van der Waals surface area contributed by atoms with Crippen molar-refractivity contribution in [2.24, 2.45) is 0 Å². The van der Waals surface area contributed by atoms with Gasteiger partial charge in [-0.25, -0.2) is 4.39 Å². The number of halogens is 1. The van der Waals surface area contributed by atoms with Crippen molar-refractivity contribution < 1.29 is 13.7 Å². The topological polar surface area (TPSA) is 71.3 Å². The van der Waals surface area contributed by atoms with E-state index in [1.54, 1.807) is 23.9 Å². The summed E-state index contributed by atoms with van der Waals surface area (Å²) < 4.78 is 19.0. The minimum absolute atomic E-state index is 0.0371. The highest BCUT2D eigenvalue weighted by Crippen LogP contribution is 2.29. The Hall–Kier alpha value is -2.71. The molecule has 0 bridgehead atoms. The van der Waals surface area contributed by atoms with E-state index in [9.17, 15) is 9.18 Å². The SMILES string of the molecule is CSc1cccc(NC(=O)C(C)N2CCCC(c3nc(-c4cccc(F)c4)no3)C2)c1. The highest BCUT2D eigenvalue weighted by Gasteiger charge is 2.31. The maximum atomic E-state index is 13.5. The molecule has 4 rings (SSSR count). The lowest BCUT2D eigenvalue weighted by atomic mass is 9.96. The first-order chi connectivity index (χ1) is 15.0. The Morgan fingerprint density at radius 3 is 2.94 bits per heavy atom. The highest BCUT2D eigenvalue weighted by atomic mass is 32.2. The van der Waals surface area contributed by atoms with Gasteiger partial charge in [-0.1, -0.05) is 23.4 Å². The summed E-state index contributed by atoms with van der Waals surface area (Å²) in [5.41, 5.74) is 1.39. The van der Waals surface area contributed by atoms with Crippen LogP contribution in [0.15, 0.2) is 57.9 Å². The van der Waals surface area contributed by atoms with Gasteiger partial charge < -0.3 is 9.84 Å². The van der Waals surface area contributed by atoms with Crippen LogP contribution in [-0.2, 0) is 4.79 Å². The summed E-state index contributed by atoms with van der Waals surface area (Å²) >= 11 is 1.64. The van der Waals surface area contributed by atoms with Crippen molar-refractivity contribution in [3.05, 3.63) is 60.2 Å². The molecule has 0 radical (unpaired) electrons. The molecule has 2 heterocycles. The maximum Gasteiger partial charge on any atom is 0.241 e. The summed E-state index contributed by atoms with van der Waals surface area (Å²) in [5.74, 6) is 0.578. The van der Waals surface area contributed by atoms with Crippen molar-refractivity contribution in [1.82, 2.24) is 15.0 Å². The lowest BCUT2D eigenvalue weighted by Gasteiger charge is -2.34. The summed E-state index contributed by atoms with van der Waals surface area (Å²) in [6.07, 6.45) is 3.85. The zero-order valence-electron chi connectivity index (χ0n) is 17.5. The number of carbonyl (C=O) groups excluding carboxylic acids is 1. The molecule has 8 heteroatoms. The van der Waals surface area contributed by atoms with Crippen molar-refractivity contribution in [1.29, 1.82) is 0 Å². The van der Waals surface area contributed by atoms with E-state index in [4.69, 9.17) is 4.52 Å². The fraction of sp³-hybridized carbons (Fsp3) is 0.348. The maximum absolute atomic E-state index is 13.5. The molecule has 2 atom stereocenters. The number of thioether (sulfide) groups is 1. The van der Waals surface area contributed by atoms with E-state index in [1.165, 1.54) is 12.1 Å². The van der Waals surface area contributed by atoms with Crippen molar-refractivity contribution in [2.45, 2.75) is 36.6 Å². The zero-order valence-corrected chi connectivity index (χ0v) is 18.4. The molecule has 1 saturated heterocycles. The molecule has 1 aliphatic heterocycles. The predicted octanol–water partition coefficient (Wildman–Crippen LogP) is 4.80. The predicted molar refractivity (Wildman–Crippen MR) is 120 cm³/mol. The number of amides is 1. The van der Waals surface area contributed by atoms with Gasteiger partial charge in [-0.15, -0.1) is 11.8 Å². The third kappa shape index (κ3) is 5.14. The zero-order chi connectivity index (χ0) is 21.8. The number of nitrogens with one attached hydrogen (secondary N) is 1. The van der Waals surface area contributed by atoms with Gasteiger partial charge >= 0.3 is 0 Å². The van der Waals surface area contributed by atoms with E-state index >= 15 is 0 Å². The van der Waals surface area contributed by atoms with Crippen LogP contribution in [0.25, 0.3) is 11.4 Å². The van der Waals surface area contributed by atoms with Gasteiger partial charge in [-0.2, -0.15) is 4.98 Å². The summed E-state index contributed by atoms with van der Waals surface area (Å²) in [6, 6.07) is 13.7. The number of aromatic nitrogens is 2. The largest absolute Gasteiger partial charge is 0.339 e. The van der Waals surface area contributed by atoms with E-state index in [0.717, 1.165) is 30.0 Å². The molecule has 31 heavy (non-hydrogen) atoms. The molecule has 6 nitrogen and oxygen atoms in total. The Kier molecular flexibility index (Phi) is 6.67. The minimum atomic E-state index is -0.337. The molecular weight excluding hydrogens is 415 g/mol. The molecule has 1 aromatic heterocycles. The average molecular weight is 441 g/mol. The number of hydrogen-bond acceptors (Lipinski definition) is 6. The number of anilines is 1. The first-order valence-electron chi connectivity index (χ1n) is 10.3. The number of nitrogens with zero attached hydrogens (tertiary/aromatic N) is 3. The Labute approximate surface area is 185 Å². The number of rotatable bonds is 6. The first kappa shape index (κ1) is 21.5. The van der Waals surface area contributed by atoms with Gasteiger partial charge in [0.25, 0.3) is 0 Å². The van der Waals surface area contributed by atoms with Gasteiger partial charge in [0.15, 0.2) is 0 Å². The third-order valence-corrected chi connectivity index (χ3v) is 6.32. The molecule has 0 saturated carbocycles. The second-order valence-electron chi connectivity index (χ2n) is 7.70. The van der Waals surface area contributed by atoms with Crippen LogP contribution in [0, 0.1) is 5.82 Å². The number of piperidine rings is 1. The molecule has 3 aromatic rings. The third-order valence-electron chi connectivity index (χ3n) is 5.59. The molecule has 162 valence electrons. The lowest BCUT2D eigenvalue weighted by molar-refractivity contribution is -0.121. The van der Waals surface area contributed by atoms with Crippen LogP contribution in [0.3, 0.4) is 0 Å². The summed E-state index contributed by atoms with van der Waals surface area (Å²) in [4.78, 5) is 20.6. The van der Waals surface area contributed by atoms with Crippen molar-refractivity contribution in [3.8, 4) is 11.4 Å². The van der Waals surface area contributed by atoms with Crippen LogP contribution in [0.4, 0.5) is 10.1 Å². The Balaban J connectivity index is 1.41. The second kappa shape index (κ2) is 9.62. The smallest absolute Gasteiger partial charge is 0.241 e. The molecule has 0 spiro atoms. The van der Waals surface area contributed by atoms with Gasteiger partial charge in [0.1, 0.15) is 5.82 Å².